The van der Waals surface area contributed by atoms with Crippen LogP contribution in [0.25, 0.3) is 54.9 Å². The largest absolute Gasteiger partial charge is 0.311 e. The van der Waals surface area contributed by atoms with E-state index in [0.29, 0.717) is 0 Å². The Labute approximate surface area is 409 Å². The Hall–Kier alpha value is -7.25. The van der Waals surface area contributed by atoms with E-state index in [1.165, 1.54) is 132 Å². The van der Waals surface area contributed by atoms with E-state index >= 15 is 0 Å². The van der Waals surface area contributed by atoms with Crippen LogP contribution in [-0.2, 0) is 5.41 Å². The van der Waals surface area contributed by atoms with Crippen molar-refractivity contribution in [2.45, 2.75) is 59.3 Å². The third-order valence-corrected chi connectivity index (χ3v) is 23.3. The van der Waals surface area contributed by atoms with Gasteiger partial charge < -0.3 is 9.80 Å². The molecule has 10 aromatic carbocycles. The van der Waals surface area contributed by atoms with Crippen molar-refractivity contribution in [3.8, 4) is 33.4 Å². The summed E-state index contributed by atoms with van der Waals surface area (Å²) in [6.45, 7) is 19.3. The van der Waals surface area contributed by atoms with Crippen LogP contribution in [0.2, 0.25) is 26.2 Å². The molecule has 0 saturated heterocycles. The van der Waals surface area contributed by atoms with Crippen LogP contribution in [0, 0.1) is 13.8 Å². The van der Waals surface area contributed by atoms with E-state index in [2.05, 4.69) is 258 Å². The highest BCUT2D eigenvalue weighted by Crippen LogP contribution is 2.53. The van der Waals surface area contributed by atoms with Crippen molar-refractivity contribution in [1.29, 1.82) is 0 Å². The molecule has 10 aromatic rings. The minimum absolute atomic E-state index is 0.144. The first-order valence-corrected chi connectivity index (χ1v) is 30.7. The Balaban J connectivity index is 1.15. The third kappa shape index (κ3) is 6.01. The normalized spacial score (nSPS) is 15.5. The highest BCUT2D eigenvalue weighted by atomic mass is 28.3. The van der Waals surface area contributed by atoms with Gasteiger partial charge in [0, 0.05) is 39.5 Å². The van der Waals surface area contributed by atoms with Gasteiger partial charge in [0.15, 0.2) is 0 Å². The Morgan fingerprint density at radius 1 is 0.348 bits per heavy atom. The zero-order valence-electron chi connectivity index (χ0n) is 40.9. The van der Waals surface area contributed by atoms with E-state index in [1.807, 2.05) is 0 Å². The van der Waals surface area contributed by atoms with Crippen molar-refractivity contribution in [3.63, 3.8) is 0 Å². The molecule has 0 saturated carbocycles. The molecular formula is C65H56N2Si2. The molecule has 2 aliphatic heterocycles. The quantitative estimate of drug-likeness (QED) is 0.128. The molecule has 0 radical (unpaired) electrons. The van der Waals surface area contributed by atoms with E-state index < -0.39 is 16.1 Å². The number of para-hydroxylation sites is 4. The second-order valence-corrected chi connectivity index (χ2v) is 30.2. The molecule has 0 fully saturated rings. The molecule has 69 heavy (non-hydrogen) atoms. The lowest BCUT2D eigenvalue weighted by molar-refractivity contribution is 0.660. The Kier molecular flexibility index (Phi) is 9.03. The fraction of sp³-hybridized carbons (Fsp3) is 0.138. The van der Waals surface area contributed by atoms with Crippen LogP contribution >= 0.6 is 0 Å². The van der Waals surface area contributed by atoms with Crippen LogP contribution in [0.15, 0.2) is 194 Å². The van der Waals surface area contributed by atoms with Gasteiger partial charge in [0.1, 0.15) is 16.1 Å². The van der Waals surface area contributed by atoms with Crippen LogP contribution in [0.5, 0.6) is 0 Å². The van der Waals surface area contributed by atoms with Crippen LogP contribution < -0.4 is 30.5 Å². The average Bonchev–Trinajstić information content (AvgIpc) is 3.58. The van der Waals surface area contributed by atoms with Gasteiger partial charge in [0.05, 0.1) is 0 Å². The van der Waals surface area contributed by atoms with Gasteiger partial charge in [-0.15, -0.1) is 0 Å². The van der Waals surface area contributed by atoms with Gasteiger partial charge in [0.25, 0.3) is 0 Å². The Bertz CT molecular complexity index is 3700. The highest BCUT2D eigenvalue weighted by Gasteiger charge is 2.41. The van der Waals surface area contributed by atoms with Crippen molar-refractivity contribution >= 4 is 92.6 Å². The summed E-state index contributed by atoms with van der Waals surface area (Å²) in [5, 5.41) is 10.9. The molecule has 4 heteroatoms. The second kappa shape index (κ2) is 14.9. The minimum Gasteiger partial charge on any atom is -0.311 e. The first-order valence-electron chi connectivity index (χ1n) is 24.7. The summed E-state index contributed by atoms with van der Waals surface area (Å²) in [4.78, 5) is 5.10. The predicted molar refractivity (Wildman–Crippen MR) is 302 cm³/mol. The third-order valence-electron chi connectivity index (χ3n) is 16.3. The van der Waals surface area contributed by atoms with E-state index in [0.717, 1.165) is 0 Å². The van der Waals surface area contributed by atoms with Gasteiger partial charge in [0.2, 0.25) is 0 Å². The monoisotopic (exact) mass is 920 g/mol. The highest BCUT2D eigenvalue weighted by molar-refractivity contribution is 7.03. The fourth-order valence-electron chi connectivity index (χ4n) is 13.0. The van der Waals surface area contributed by atoms with Crippen LogP contribution in [-0.4, -0.2) is 16.1 Å². The standard InChI is InChI=1S/C65H56N2Si2/c1-41-35-42(2)37-44(36-41)64-50-34-31-45(66-55-21-11-15-25-59(55)68(5,6)60-26-16-12-22-56(60)66)39-51(50)63(43-29-32-48-47-19-9-10-20-53(47)65(3,4)54(48)38-43)49-33-30-46(40-52(49)64)67-57-23-13-17-27-61(57)69(7,8)62-28-18-14-24-58(62)67/h9-40H,1-8H3. The molecule has 0 bridgehead atoms. The molecule has 13 rings (SSSR count). The van der Waals surface area contributed by atoms with E-state index in [9.17, 15) is 0 Å². The fourth-order valence-corrected chi connectivity index (χ4v) is 19.0. The number of rotatable bonds is 4. The van der Waals surface area contributed by atoms with E-state index in [4.69, 9.17) is 0 Å². The molecule has 0 aromatic heterocycles. The van der Waals surface area contributed by atoms with Gasteiger partial charge in [-0.2, -0.15) is 0 Å². The molecule has 0 N–H and O–H groups in total. The van der Waals surface area contributed by atoms with Crippen molar-refractivity contribution in [3.05, 3.63) is 216 Å². The first-order chi connectivity index (χ1) is 33.3. The minimum atomic E-state index is -1.99. The summed E-state index contributed by atoms with van der Waals surface area (Å²) in [5.41, 5.74) is 20.4. The molecule has 2 heterocycles. The van der Waals surface area contributed by atoms with Crippen molar-refractivity contribution in [2.24, 2.45) is 0 Å². The molecule has 3 aliphatic rings. The number of benzene rings is 10. The Morgan fingerprint density at radius 2 is 0.754 bits per heavy atom. The molecule has 0 atom stereocenters. The summed E-state index contributed by atoms with van der Waals surface area (Å²) < 4.78 is 0. The first kappa shape index (κ1) is 41.9. The number of nitrogens with zero attached hydrogens (tertiary/aromatic N) is 2. The van der Waals surface area contributed by atoms with Gasteiger partial charge in [-0.3, -0.25) is 0 Å². The number of anilines is 6. The van der Waals surface area contributed by atoms with Crippen molar-refractivity contribution in [1.82, 2.24) is 0 Å². The number of fused-ring (bicyclic) bond motifs is 9. The summed E-state index contributed by atoms with van der Waals surface area (Å²) in [7, 11) is -3.98. The predicted octanol–water partition coefficient (Wildman–Crippen LogP) is 15.5. The van der Waals surface area contributed by atoms with Crippen LogP contribution in [0.3, 0.4) is 0 Å². The molecule has 1 aliphatic carbocycles. The van der Waals surface area contributed by atoms with Crippen molar-refractivity contribution in [2.75, 3.05) is 9.80 Å². The van der Waals surface area contributed by atoms with E-state index in [-0.39, 0.29) is 5.41 Å². The second-order valence-electron chi connectivity index (χ2n) is 21.5. The number of hydrogen-bond acceptors (Lipinski definition) is 2. The van der Waals surface area contributed by atoms with Crippen LogP contribution in [0.4, 0.5) is 34.1 Å². The van der Waals surface area contributed by atoms with Gasteiger partial charge in [-0.05, 0) is 155 Å². The summed E-state index contributed by atoms with van der Waals surface area (Å²) in [6, 6.07) is 74.9. The van der Waals surface area contributed by atoms with Crippen molar-refractivity contribution < 1.29 is 0 Å². The maximum atomic E-state index is 2.55. The zero-order chi connectivity index (χ0) is 47.1. The number of aryl methyl sites for hydroxylation is 2. The lowest BCUT2D eigenvalue weighted by atomic mass is 9.80. The zero-order valence-corrected chi connectivity index (χ0v) is 42.9. The Morgan fingerprint density at radius 3 is 1.23 bits per heavy atom. The maximum Gasteiger partial charge on any atom is 0.117 e. The molecule has 0 unspecified atom stereocenters. The lowest BCUT2D eigenvalue weighted by Gasteiger charge is -2.41. The lowest BCUT2D eigenvalue weighted by Crippen LogP contribution is -2.58. The molecule has 0 amide bonds. The molecule has 0 spiro atoms. The molecule has 2 nitrogen and oxygen atoms in total. The topological polar surface area (TPSA) is 6.48 Å². The summed E-state index contributed by atoms with van der Waals surface area (Å²) in [5.74, 6) is 0. The maximum absolute atomic E-state index is 2.55. The SMILES string of the molecule is Cc1cc(C)cc(-c2c3ccc(N4c5ccccc5[Si](C)(C)c5ccccc54)cc3c(-c3ccc4c(c3)C(C)(C)c3ccccc3-4)c3ccc(N4c5ccccc5[Si](C)(C)c5ccccc54)cc23)c1. The summed E-state index contributed by atoms with van der Waals surface area (Å²) >= 11 is 0. The average molecular weight is 921 g/mol. The number of hydrogen-bond donors (Lipinski definition) is 0. The van der Waals surface area contributed by atoms with Gasteiger partial charge in [-0.1, -0.05) is 191 Å². The molecule has 334 valence electrons. The van der Waals surface area contributed by atoms with Crippen LogP contribution in [0.1, 0.15) is 36.1 Å². The van der Waals surface area contributed by atoms with Gasteiger partial charge in [-0.25, -0.2) is 0 Å². The summed E-state index contributed by atoms with van der Waals surface area (Å²) in [6.07, 6.45) is 0. The van der Waals surface area contributed by atoms with Gasteiger partial charge >= 0.3 is 0 Å². The molecular weight excluding hydrogens is 865 g/mol. The smallest absolute Gasteiger partial charge is 0.117 e. The van der Waals surface area contributed by atoms with E-state index in [1.54, 1.807) is 0 Å².